The lowest BCUT2D eigenvalue weighted by atomic mass is 9.93. The summed E-state index contributed by atoms with van der Waals surface area (Å²) in [6.07, 6.45) is 7.44. The molecule has 8 nitrogen and oxygen atoms in total. The molecule has 0 aliphatic carbocycles. The van der Waals surface area contributed by atoms with Crippen LogP contribution >= 0.6 is 11.6 Å². The first-order valence-corrected chi connectivity index (χ1v) is 13.9. The SMILES string of the molecule is Cc1cnc(C)n1CCC1CCN(c2ncc(S(C)(=O)=O)cc2NC(=O)c2cccc(Cl)c2)CC1. The monoisotopic (exact) mass is 515 g/mol. The Bertz CT molecular complexity index is 1310. The Hall–Kier alpha value is -2.91. The number of anilines is 2. The number of hydrogen-bond acceptors (Lipinski definition) is 6. The predicted molar refractivity (Wildman–Crippen MR) is 138 cm³/mol. The molecule has 1 fully saturated rings. The van der Waals surface area contributed by atoms with Crippen LogP contribution < -0.4 is 10.2 Å². The minimum atomic E-state index is -3.49. The van der Waals surface area contributed by atoms with Crippen molar-refractivity contribution in [1.82, 2.24) is 14.5 Å². The zero-order valence-electron chi connectivity index (χ0n) is 20.2. The van der Waals surface area contributed by atoms with Gasteiger partial charge in [0, 0.05) is 54.6 Å². The van der Waals surface area contributed by atoms with Crippen molar-refractivity contribution in [3.8, 4) is 0 Å². The van der Waals surface area contributed by atoms with Gasteiger partial charge in [-0.25, -0.2) is 18.4 Å². The van der Waals surface area contributed by atoms with Crippen LogP contribution in [0.4, 0.5) is 11.5 Å². The van der Waals surface area contributed by atoms with Gasteiger partial charge in [0.15, 0.2) is 15.7 Å². The largest absolute Gasteiger partial charge is 0.355 e. The Kier molecular flexibility index (Phi) is 7.47. The fourth-order valence-electron chi connectivity index (χ4n) is 4.47. The summed E-state index contributed by atoms with van der Waals surface area (Å²) in [4.78, 5) is 23.9. The molecule has 0 atom stereocenters. The maximum atomic E-state index is 12.9. The van der Waals surface area contributed by atoms with Gasteiger partial charge in [0.1, 0.15) is 5.82 Å². The fraction of sp³-hybridized carbons (Fsp3) is 0.400. The van der Waals surface area contributed by atoms with Crippen LogP contribution in [0, 0.1) is 19.8 Å². The number of hydrogen-bond donors (Lipinski definition) is 1. The van der Waals surface area contributed by atoms with Gasteiger partial charge >= 0.3 is 0 Å². The molecule has 3 heterocycles. The van der Waals surface area contributed by atoms with Crippen LogP contribution in [-0.2, 0) is 16.4 Å². The minimum absolute atomic E-state index is 0.0589. The number of halogens is 1. The van der Waals surface area contributed by atoms with E-state index in [9.17, 15) is 13.2 Å². The number of amides is 1. The number of rotatable bonds is 7. The van der Waals surface area contributed by atoms with Crippen molar-refractivity contribution in [2.75, 3.05) is 29.6 Å². The number of aromatic nitrogens is 3. The van der Waals surface area contributed by atoms with Gasteiger partial charge in [0.2, 0.25) is 0 Å². The summed E-state index contributed by atoms with van der Waals surface area (Å²) in [5, 5.41) is 3.30. The summed E-state index contributed by atoms with van der Waals surface area (Å²) in [7, 11) is -3.49. The second kappa shape index (κ2) is 10.4. The number of sulfone groups is 1. The van der Waals surface area contributed by atoms with Gasteiger partial charge in [-0.1, -0.05) is 17.7 Å². The molecule has 0 unspecified atom stereocenters. The molecule has 0 radical (unpaired) electrons. The van der Waals surface area contributed by atoms with Crippen molar-refractivity contribution >= 4 is 38.9 Å². The molecule has 1 amide bonds. The Morgan fingerprint density at radius 2 is 1.89 bits per heavy atom. The van der Waals surface area contributed by atoms with E-state index in [4.69, 9.17) is 11.6 Å². The predicted octanol–water partition coefficient (Wildman–Crippen LogP) is 4.51. The van der Waals surface area contributed by atoms with E-state index in [0.717, 1.165) is 51.0 Å². The lowest BCUT2D eigenvalue weighted by molar-refractivity contribution is 0.102. The number of carbonyl (C=O) groups excluding carboxylic acids is 1. The van der Waals surface area contributed by atoms with E-state index in [1.54, 1.807) is 24.3 Å². The fourth-order valence-corrected chi connectivity index (χ4v) is 5.24. The molecule has 3 aromatic rings. The first kappa shape index (κ1) is 25.2. The van der Waals surface area contributed by atoms with Crippen molar-refractivity contribution < 1.29 is 13.2 Å². The number of imidazole rings is 1. The molecule has 1 N–H and O–H groups in total. The summed E-state index contributed by atoms with van der Waals surface area (Å²) in [6.45, 7) is 6.61. The number of nitrogens with one attached hydrogen (secondary N) is 1. The number of carbonyl (C=O) groups is 1. The topological polar surface area (TPSA) is 97.2 Å². The number of benzene rings is 1. The Morgan fingerprint density at radius 1 is 1.14 bits per heavy atom. The smallest absolute Gasteiger partial charge is 0.255 e. The van der Waals surface area contributed by atoms with Crippen molar-refractivity contribution in [3.63, 3.8) is 0 Å². The first-order chi connectivity index (χ1) is 16.6. The highest BCUT2D eigenvalue weighted by molar-refractivity contribution is 7.90. The molecule has 1 saturated heterocycles. The molecule has 186 valence electrons. The van der Waals surface area contributed by atoms with E-state index in [1.165, 1.54) is 18.0 Å². The molecule has 0 bridgehead atoms. The molecule has 2 aromatic heterocycles. The van der Waals surface area contributed by atoms with Gasteiger partial charge in [-0.3, -0.25) is 4.79 Å². The summed E-state index contributed by atoms with van der Waals surface area (Å²) in [5.74, 6) is 1.82. The maximum Gasteiger partial charge on any atom is 0.255 e. The number of aryl methyl sites for hydroxylation is 2. The normalized spacial score (nSPS) is 14.8. The lowest BCUT2D eigenvalue weighted by Crippen LogP contribution is -2.35. The number of piperidine rings is 1. The number of nitrogens with zero attached hydrogens (tertiary/aromatic N) is 4. The Labute approximate surface area is 211 Å². The molecule has 1 aromatic carbocycles. The second-order valence-corrected chi connectivity index (χ2v) is 11.5. The van der Waals surface area contributed by atoms with Gasteiger partial charge < -0.3 is 14.8 Å². The third kappa shape index (κ3) is 6.02. The molecule has 0 spiro atoms. The Balaban J connectivity index is 1.49. The highest BCUT2D eigenvalue weighted by Gasteiger charge is 2.24. The van der Waals surface area contributed by atoms with E-state index < -0.39 is 9.84 Å². The van der Waals surface area contributed by atoms with Crippen molar-refractivity contribution in [2.24, 2.45) is 5.92 Å². The molecule has 4 rings (SSSR count). The lowest BCUT2D eigenvalue weighted by Gasteiger charge is -2.34. The third-order valence-electron chi connectivity index (χ3n) is 6.53. The van der Waals surface area contributed by atoms with Gasteiger partial charge in [0.05, 0.1) is 10.6 Å². The van der Waals surface area contributed by atoms with Crippen LogP contribution in [0.5, 0.6) is 0 Å². The zero-order chi connectivity index (χ0) is 25.2. The molecule has 10 heteroatoms. The molecule has 0 saturated carbocycles. The van der Waals surface area contributed by atoms with Crippen LogP contribution in [-0.4, -0.2) is 48.2 Å². The quantitative estimate of drug-likeness (QED) is 0.497. The number of pyridine rings is 1. The van der Waals surface area contributed by atoms with Crippen LogP contribution in [0.1, 0.15) is 41.1 Å². The van der Waals surface area contributed by atoms with Gasteiger partial charge in [0.25, 0.3) is 5.91 Å². The summed E-state index contributed by atoms with van der Waals surface area (Å²) in [5.41, 5.74) is 1.94. The summed E-state index contributed by atoms with van der Waals surface area (Å²) in [6, 6.07) is 8.09. The third-order valence-corrected chi connectivity index (χ3v) is 7.85. The van der Waals surface area contributed by atoms with Crippen molar-refractivity contribution in [2.45, 2.75) is 44.6 Å². The summed E-state index contributed by atoms with van der Waals surface area (Å²) >= 11 is 6.03. The summed E-state index contributed by atoms with van der Waals surface area (Å²) < 4.78 is 26.5. The first-order valence-electron chi connectivity index (χ1n) is 11.6. The average Bonchev–Trinajstić information content (AvgIpc) is 3.14. The van der Waals surface area contributed by atoms with E-state index in [0.29, 0.717) is 28.0 Å². The van der Waals surface area contributed by atoms with Crippen LogP contribution in [0.25, 0.3) is 0 Å². The molecule has 35 heavy (non-hydrogen) atoms. The average molecular weight is 516 g/mol. The van der Waals surface area contributed by atoms with Crippen LogP contribution in [0.2, 0.25) is 5.02 Å². The standard InChI is InChI=1S/C25H30ClN5O3S/c1-17-15-27-18(2)31(17)12-9-19-7-10-30(11-8-19)24-23(14-22(16-28-24)35(3,33)34)29-25(32)20-5-4-6-21(26)13-20/h4-6,13-16,19H,7-12H2,1-3H3,(H,29,32). The molecular formula is C25H30ClN5O3S. The Morgan fingerprint density at radius 3 is 2.51 bits per heavy atom. The van der Waals surface area contributed by atoms with Crippen molar-refractivity contribution in [1.29, 1.82) is 0 Å². The van der Waals surface area contributed by atoms with E-state index in [2.05, 4.69) is 31.7 Å². The highest BCUT2D eigenvalue weighted by Crippen LogP contribution is 2.31. The second-order valence-electron chi connectivity index (χ2n) is 9.10. The van der Waals surface area contributed by atoms with E-state index >= 15 is 0 Å². The van der Waals surface area contributed by atoms with Gasteiger partial charge in [-0.05, 0) is 63.3 Å². The zero-order valence-corrected chi connectivity index (χ0v) is 21.7. The molecular weight excluding hydrogens is 486 g/mol. The van der Waals surface area contributed by atoms with E-state index in [1.807, 2.05) is 13.1 Å². The molecule has 1 aliphatic heterocycles. The van der Waals surface area contributed by atoms with Crippen molar-refractivity contribution in [3.05, 3.63) is 64.8 Å². The van der Waals surface area contributed by atoms with Crippen LogP contribution in [0.3, 0.4) is 0 Å². The minimum Gasteiger partial charge on any atom is -0.355 e. The van der Waals surface area contributed by atoms with Gasteiger partial charge in [-0.15, -0.1) is 0 Å². The molecule has 1 aliphatic rings. The van der Waals surface area contributed by atoms with E-state index in [-0.39, 0.29) is 10.8 Å². The van der Waals surface area contributed by atoms with Gasteiger partial charge in [-0.2, -0.15) is 0 Å². The highest BCUT2D eigenvalue weighted by atomic mass is 35.5. The van der Waals surface area contributed by atoms with Crippen LogP contribution in [0.15, 0.2) is 47.6 Å². The maximum absolute atomic E-state index is 12.9.